The quantitative estimate of drug-likeness (QED) is 0.790. The van der Waals surface area contributed by atoms with Crippen molar-refractivity contribution in [3.8, 4) is 0 Å². The average Bonchev–Trinajstić information content (AvgIpc) is 3.05. The summed E-state index contributed by atoms with van der Waals surface area (Å²) in [5, 5.41) is 3.60. The summed E-state index contributed by atoms with van der Waals surface area (Å²) >= 11 is 0. The van der Waals surface area contributed by atoms with Crippen LogP contribution >= 0.6 is 0 Å². The molecule has 2 heterocycles. The van der Waals surface area contributed by atoms with E-state index in [0.29, 0.717) is 12.1 Å². The topological polar surface area (TPSA) is 53.9 Å². The zero-order chi connectivity index (χ0) is 12.8. The molecule has 0 saturated heterocycles. The number of nitrogens with zero attached hydrogens (tertiary/aromatic N) is 1. The Balaban J connectivity index is 1.80. The van der Waals surface area contributed by atoms with E-state index in [2.05, 4.69) is 29.1 Å². The minimum absolute atomic E-state index is 0.298. The molecule has 4 nitrogen and oxygen atoms in total. The molecule has 0 bridgehead atoms. The molecule has 0 amide bonds. The van der Waals surface area contributed by atoms with Crippen LogP contribution in [-0.2, 0) is 6.42 Å². The Kier molecular flexibility index (Phi) is 4.59. The second kappa shape index (κ2) is 6.40. The number of imidazole rings is 1. The van der Waals surface area contributed by atoms with E-state index in [1.807, 2.05) is 18.3 Å². The molecule has 2 aromatic rings. The number of furan rings is 1. The molecular formula is C14H21N3O. The fourth-order valence-corrected chi connectivity index (χ4v) is 2.10. The van der Waals surface area contributed by atoms with Crippen LogP contribution in [-0.4, -0.2) is 16.0 Å². The van der Waals surface area contributed by atoms with Crippen LogP contribution in [0.15, 0.2) is 35.2 Å². The predicted octanol–water partition coefficient (Wildman–Crippen LogP) is 3.06. The smallest absolute Gasteiger partial charge is 0.123 e. The normalized spacial score (nSPS) is 14.6. The number of aromatic amines is 1. The second-order valence-corrected chi connectivity index (χ2v) is 4.62. The van der Waals surface area contributed by atoms with Crippen LogP contribution in [0.25, 0.3) is 0 Å². The Bertz CT molecular complexity index is 422. The largest absolute Gasteiger partial charge is 0.469 e. The summed E-state index contributed by atoms with van der Waals surface area (Å²) in [6.07, 6.45) is 8.45. The molecule has 2 unspecified atom stereocenters. The number of aromatic nitrogens is 2. The second-order valence-electron chi connectivity index (χ2n) is 4.62. The number of rotatable bonds is 7. The van der Waals surface area contributed by atoms with Gasteiger partial charge in [-0.2, -0.15) is 0 Å². The van der Waals surface area contributed by atoms with Crippen LogP contribution < -0.4 is 5.32 Å². The van der Waals surface area contributed by atoms with Crippen molar-refractivity contribution < 1.29 is 4.42 Å². The molecular weight excluding hydrogens is 226 g/mol. The minimum atomic E-state index is 0.298. The molecule has 98 valence electrons. The van der Waals surface area contributed by atoms with Gasteiger partial charge in [-0.05, 0) is 31.9 Å². The molecule has 4 heteroatoms. The van der Waals surface area contributed by atoms with E-state index < -0.39 is 0 Å². The van der Waals surface area contributed by atoms with Crippen LogP contribution in [0.2, 0.25) is 0 Å². The molecule has 0 radical (unpaired) electrons. The summed E-state index contributed by atoms with van der Waals surface area (Å²) in [4.78, 5) is 7.48. The van der Waals surface area contributed by atoms with Gasteiger partial charge in [-0.25, -0.2) is 4.98 Å². The summed E-state index contributed by atoms with van der Waals surface area (Å²) in [6.45, 7) is 4.37. The molecule has 2 rings (SSSR count). The van der Waals surface area contributed by atoms with Crippen molar-refractivity contribution in [2.24, 2.45) is 0 Å². The van der Waals surface area contributed by atoms with Crippen molar-refractivity contribution in [2.45, 2.75) is 45.2 Å². The molecule has 2 atom stereocenters. The number of nitrogens with one attached hydrogen (secondary N) is 2. The zero-order valence-electron chi connectivity index (χ0n) is 11.0. The SMILES string of the molecule is CCC(NC(C)CCc1ccco1)c1ncc[nH]1. The van der Waals surface area contributed by atoms with Gasteiger partial charge in [0.2, 0.25) is 0 Å². The zero-order valence-corrected chi connectivity index (χ0v) is 11.0. The van der Waals surface area contributed by atoms with Crippen molar-refractivity contribution in [1.82, 2.24) is 15.3 Å². The monoisotopic (exact) mass is 247 g/mol. The van der Waals surface area contributed by atoms with Gasteiger partial charge in [0.25, 0.3) is 0 Å². The van der Waals surface area contributed by atoms with E-state index in [0.717, 1.165) is 30.8 Å². The van der Waals surface area contributed by atoms with Crippen molar-refractivity contribution in [2.75, 3.05) is 0 Å². The number of hydrogen-bond donors (Lipinski definition) is 2. The van der Waals surface area contributed by atoms with Crippen LogP contribution in [0.3, 0.4) is 0 Å². The van der Waals surface area contributed by atoms with E-state index in [1.165, 1.54) is 0 Å². The number of aryl methyl sites for hydroxylation is 1. The maximum atomic E-state index is 5.34. The van der Waals surface area contributed by atoms with Gasteiger partial charge in [0.15, 0.2) is 0 Å². The van der Waals surface area contributed by atoms with E-state index in [4.69, 9.17) is 4.42 Å². The summed E-state index contributed by atoms with van der Waals surface area (Å²) in [5.74, 6) is 2.07. The molecule has 0 saturated carbocycles. The first-order valence-electron chi connectivity index (χ1n) is 6.57. The first kappa shape index (κ1) is 12.9. The highest BCUT2D eigenvalue weighted by Crippen LogP contribution is 2.14. The maximum absolute atomic E-state index is 5.34. The lowest BCUT2D eigenvalue weighted by Gasteiger charge is -2.20. The highest BCUT2D eigenvalue weighted by molar-refractivity contribution is 4.99. The van der Waals surface area contributed by atoms with Gasteiger partial charge >= 0.3 is 0 Å². The fourth-order valence-electron chi connectivity index (χ4n) is 2.10. The van der Waals surface area contributed by atoms with Gasteiger partial charge in [-0.3, -0.25) is 0 Å². The Hall–Kier alpha value is -1.55. The first-order chi connectivity index (χ1) is 8.79. The van der Waals surface area contributed by atoms with Gasteiger partial charge < -0.3 is 14.7 Å². The van der Waals surface area contributed by atoms with Gasteiger partial charge in [0.05, 0.1) is 12.3 Å². The minimum Gasteiger partial charge on any atom is -0.469 e. The molecule has 2 N–H and O–H groups in total. The van der Waals surface area contributed by atoms with E-state index >= 15 is 0 Å². The predicted molar refractivity (Wildman–Crippen MR) is 71.2 cm³/mol. The Morgan fingerprint density at radius 3 is 3.00 bits per heavy atom. The Labute approximate surface area is 108 Å². The van der Waals surface area contributed by atoms with Gasteiger partial charge in [0, 0.05) is 24.9 Å². The van der Waals surface area contributed by atoms with Crippen molar-refractivity contribution in [3.63, 3.8) is 0 Å². The van der Waals surface area contributed by atoms with E-state index in [9.17, 15) is 0 Å². The molecule has 0 aromatic carbocycles. The van der Waals surface area contributed by atoms with Crippen LogP contribution in [0.1, 0.15) is 44.3 Å². The van der Waals surface area contributed by atoms with Crippen molar-refractivity contribution >= 4 is 0 Å². The standard InChI is InChI=1S/C14H21N3O/c1-3-13(14-15-8-9-16-14)17-11(2)6-7-12-5-4-10-18-12/h4-5,8-11,13,17H,3,6-7H2,1-2H3,(H,15,16). The number of hydrogen-bond acceptors (Lipinski definition) is 3. The fraction of sp³-hybridized carbons (Fsp3) is 0.500. The highest BCUT2D eigenvalue weighted by atomic mass is 16.3. The van der Waals surface area contributed by atoms with Gasteiger partial charge in [-0.1, -0.05) is 6.92 Å². The molecule has 0 spiro atoms. The summed E-state index contributed by atoms with van der Waals surface area (Å²) in [5.41, 5.74) is 0. The van der Waals surface area contributed by atoms with Crippen molar-refractivity contribution in [1.29, 1.82) is 0 Å². The molecule has 0 aliphatic rings. The number of H-pyrrole nitrogens is 1. The summed E-state index contributed by atoms with van der Waals surface area (Å²) in [6, 6.07) is 4.69. The van der Waals surface area contributed by atoms with Gasteiger partial charge in [0.1, 0.15) is 11.6 Å². The van der Waals surface area contributed by atoms with E-state index in [1.54, 1.807) is 12.5 Å². The lowest BCUT2D eigenvalue weighted by molar-refractivity contribution is 0.402. The molecule has 0 aliphatic carbocycles. The molecule has 2 aromatic heterocycles. The van der Waals surface area contributed by atoms with Gasteiger partial charge in [-0.15, -0.1) is 0 Å². The molecule has 0 fully saturated rings. The van der Waals surface area contributed by atoms with Crippen LogP contribution in [0.4, 0.5) is 0 Å². The average molecular weight is 247 g/mol. The molecule has 0 aliphatic heterocycles. The third kappa shape index (κ3) is 3.47. The van der Waals surface area contributed by atoms with Crippen LogP contribution in [0, 0.1) is 0 Å². The highest BCUT2D eigenvalue weighted by Gasteiger charge is 2.14. The summed E-state index contributed by atoms with van der Waals surface area (Å²) < 4.78 is 5.34. The van der Waals surface area contributed by atoms with Crippen LogP contribution in [0.5, 0.6) is 0 Å². The van der Waals surface area contributed by atoms with E-state index in [-0.39, 0.29) is 0 Å². The van der Waals surface area contributed by atoms with Crippen molar-refractivity contribution in [3.05, 3.63) is 42.4 Å². The summed E-state index contributed by atoms with van der Waals surface area (Å²) in [7, 11) is 0. The Morgan fingerprint density at radius 1 is 1.50 bits per heavy atom. The third-order valence-corrected chi connectivity index (χ3v) is 3.15. The maximum Gasteiger partial charge on any atom is 0.123 e. The molecule has 18 heavy (non-hydrogen) atoms. The Morgan fingerprint density at radius 2 is 2.39 bits per heavy atom. The first-order valence-corrected chi connectivity index (χ1v) is 6.57. The lowest BCUT2D eigenvalue weighted by Crippen LogP contribution is -2.31. The third-order valence-electron chi connectivity index (χ3n) is 3.15. The lowest BCUT2D eigenvalue weighted by atomic mass is 10.1.